The van der Waals surface area contributed by atoms with Gasteiger partial charge >= 0.3 is 5.97 Å². The van der Waals surface area contributed by atoms with Gasteiger partial charge in [0.05, 0.1) is 13.0 Å². The lowest BCUT2D eigenvalue weighted by molar-refractivity contribution is -0.143. The Morgan fingerprint density at radius 2 is 1.77 bits per heavy atom. The highest BCUT2D eigenvalue weighted by Gasteiger charge is 2.39. The Bertz CT molecular complexity index is 1100. The molecule has 43 heavy (non-hydrogen) atoms. The molecule has 0 unspecified atom stereocenters. The van der Waals surface area contributed by atoms with E-state index in [1.165, 1.54) is 11.8 Å². The molecular weight excluding hydrogens is 606 g/mol. The molecule has 0 aromatic carbocycles. The summed E-state index contributed by atoms with van der Waals surface area (Å²) in [5.41, 5.74) is 16.3. The maximum atomic E-state index is 13.7. The van der Waals surface area contributed by atoms with Crippen LogP contribution in [-0.2, 0) is 33.6 Å². The van der Waals surface area contributed by atoms with Crippen LogP contribution in [-0.4, -0.2) is 112 Å². The Balaban J connectivity index is 3.53. The molecule has 17 nitrogen and oxygen atoms in total. The lowest BCUT2D eigenvalue weighted by Gasteiger charge is -2.34. The normalized spacial score (nSPS) is 24.0. The molecule has 6 amide bonds. The lowest BCUT2D eigenvalue weighted by Crippen LogP contribution is -2.60. The summed E-state index contributed by atoms with van der Waals surface area (Å²) in [7, 11) is 2.21. The van der Waals surface area contributed by atoms with Gasteiger partial charge in [-0.2, -0.15) is 0 Å². The van der Waals surface area contributed by atoms with E-state index in [0.717, 1.165) is 21.6 Å². The molecule has 1 heterocycles. The molecule has 11 N–H and O–H groups in total. The second-order valence-corrected chi connectivity index (χ2v) is 13.1. The monoisotopic (exact) mass is 647 g/mol. The minimum Gasteiger partial charge on any atom is -0.481 e. The highest BCUT2D eigenvalue weighted by atomic mass is 33.1. The summed E-state index contributed by atoms with van der Waals surface area (Å²) in [5, 5.41) is 19.0. The number of hydrogen-bond donors (Lipinski definition) is 8. The zero-order chi connectivity index (χ0) is 32.9. The third-order valence-electron chi connectivity index (χ3n) is 6.14. The highest BCUT2D eigenvalue weighted by Crippen LogP contribution is 2.38. The van der Waals surface area contributed by atoms with Gasteiger partial charge < -0.3 is 48.5 Å². The van der Waals surface area contributed by atoms with E-state index in [9.17, 15) is 38.7 Å². The number of aliphatic imine (C=N–C) groups is 1. The number of likely N-dealkylation sites (N-methyl/N-ethyl adjacent to an activating group) is 1. The molecule has 0 aromatic rings. The first kappa shape index (κ1) is 37.3. The number of rotatable bonds is 9. The summed E-state index contributed by atoms with van der Waals surface area (Å²) in [6, 6.07) is -5.10. The Kier molecular flexibility index (Phi) is 15.1. The first-order valence-corrected chi connectivity index (χ1v) is 15.6. The van der Waals surface area contributed by atoms with Gasteiger partial charge in [-0.25, -0.2) is 0 Å². The van der Waals surface area contributed by atoms with Crippen molar-refractivity contribution in [1.29, 1.82) is 0 Å². The van der Waals surface area contributed by atoms with Crippen molar-refractivity contribution >= 4 is 69.0 Å². The number of nitrogens with one attached hydrogen (secondary N) is 4. The van der Waals surface area contributed by atoms with Gasteiger partial charge in [-0.1, -0.05) is 21.6 Å². The Morgan fingerprint density at radius 3 is 2.30 bits per heavy atom. The Labute approximate surface area is 257 Å². The van der Waals surface area contributed by atoms with Gasteiger partial charge in [0.1, 0.15) is 24.2 Å². The summed E-state index contributed by atoms with van der Waals surface area (Å²) in [6.07, 6.45) is -0.440. The molecule has 1 saturated heterocycles. The van der Waals surface area contributed by atoms with E-state index in [0.29, 0.717) is 0 Å². The van der Waals surface area contributed by atoms with E-state index in [1.807, 2.05) is 0 Å². The van der Waals surface area contributed by atoms with Crippen LogP contribution in [0.25, 0.3) is 0 Å². The van der Waals surface area contributed by atoms with Gasteiger partial charge in [-0.15, -0.1) is 0 Å². The average Bonchev–Trinajstić information content (AvgIpc) is 2.89. The zero-order valence-corrected chi connectivity index (χ0v) is 26.1. The van der Waals surface area contributed by atoms with E-state index in [2.05, 4.69) is 26.3 Å². The first-order chi connectivity index (χ1) is 20.0. The fourth-order valence-electron chi connectivity index (χ4n) is 4.12. The van der Waals surface area contributed by atoms with Crippen molar-refractivity contribution in [2.24, 2.45) is 22.2 Å². The SMILES string of the molecule is CCN1C(=O)[C@H](NC(C)=O)CSSC(C)(C)[C@H](C(N)=O)NC(=O)[C@@H](CC(=O)O)NC(=O)CNC(=O)[C@H]1CCCN=C(N)N. The predicted molar refractivity (Wildman–Crippen MR) is 161 cm³/mol. The highest BCUT2D eigenvalue weighted by molar-refractivity contribution is 8.77. The number of guanidine groups is 1. The second-order valence-electron chi connectivity index (χ2n) is 10.1. The van der Waals surface area contributed by atoms with Crippen LogP contribution in [0.3, 0.4) is 0 Å². The number of carbonyl (C=O) groups excluding carboxylic acids is 6. The first-order valence-electron chi connectivity index (χ1n) is 13.3. The Hall–Kier alpha value is -3.74. The van der Waals surface area contributed by atoms with Crippen molar-refractivity contribution in [3.05, 3.63) is 0 Å². The molecule has 242 valence electrons. The third kappa shape index (κ3) is 12.6. The fraction of sp³-hybridized carbons (Fsp3) is 0.667. The minimum atomic E-state index is -1.60. The molecule has 0 spiro atoms. The zero-order valence-electron chi connectivity index (χ0n) is 24.5. The number of carboxylic acid groups (broad SMARTS) is 1. The van der Waals surface area contributed by atoms with Crippen LogP contribution in [0.2, 0.25) is 0 Å². The molecule has 0 aliphatic carbocycles. The van der Waals surface area contributed by atoms with Crippen LogP contribution < -0.4 is 38.5 Å². The van der Waals surface area contributed by atoms with Crippen LogP contribution >= 0.6 is 21.6 Å². The molecule has 0 radical (unpaired) electrons. The number of nitrogens with zero attached hydrogens (tertiary/aromatic N) is 2. The standard InChI is InChI=1S/C24H41N9O8S2/c1-5-33-15(7-6-8-28-23(26)27)21(40)29-10-16(35)31-13(9-17(36)37)20(39)32-18(19(25)38)24(3,4)43-42-11-14(22(33)41)30-12(2)34/h13-15,18H,5-11H2,1-4H3,(H2,25,38)(H,29,40)(H,30,34)(H,31,35)(H,32,39)(H,36,37)(H4,26,27,28)/t13-,14-,15-,18+/m1/s1. The second kappa shape index (κ2) is 17.4. The largest absolute Gasteiger partial charge is 0.481 e. The van der Waals surface area contributed by atoms with Gasteiger partial charge in [0.25, 0.3) is 0 Å². The molecule has 0 saturated carbocycles. The van der Waals surface area contributed by atoms with Crippen molar-refractivity contribution in [2.45, 2.75) is 75.9 Å². The Morgan fingerprint density at radius 1 is 1.12 bits per heavy atom. The van der Waals surface area contributed by atoms with Gasteiger partial charge in [-0.3, -0.25) is 38.6 Å². The third-order valence-corrected chi connectivity index (χ3v) is 9.44. The van der Waals surface area contributed by atoms with E-state index in [1.54, 1.807) is 20.8 Å². The number of primary amides is 1. The smallest absolute Gasteiger partial charge is 0.305 e. The molecule has 0 aromatic heterocycles. The summed E-state index contributed by atoms with van der Waals surface area (Å²) < 4.78 is -1.10. The number of hydrogen-bond acceptors (Lipinski definition) is 10. The fourth-order valence-corrected chi connectivity index (χ4v) is 6.94. The molecule has 1 aliphatic rings. The molecule has 4 atom stereocenters. The van der Waals surface area contributed by atoms with Crippen molar-refractivity contribution in [3.8, 4) is 0 Å². The minimum absolute atomic E-state index is 0.00641. The van der Waals surface area contributed by atoms with Crippen molar-refractivity contribution in [2.75, 3.05) is 25.4 Å². The maximum Gasteiger partial charge on any atom is 0.305 e. The van der Waals surface area contributed by atoms with Gasteiger partial charge in [0, 0.05) is 30.5 Å². The van der Waals surface area contributed by atoms with Crippen molar-refractivity contribution in [3.63, 3.8) is 0 Å². The van der Waals surface area contributed by atoms with Crippen LogP contribution in [0.4, 0.5) is 0 Å². The number of aliphatic carboxylic acids is 1. The number of carbonyl (C=O) groups is 7. The summed E-state index contributed by atoms with van der Waals surface area (Å²) in [5.74, 6) is -6.13. The van der Waals surface area contributed by atoms with E-state index < -0.39 is 83.3 Å². The van der Waals surface area contributed by atoms with E-state index in [4.69, 9.17) is 17.2 Å². The number of carboxylic acids is 1. The maximum absolute atomic E-state index is 13.7. The lowest BCUT2D eigenvalue weighted by atomic mass is 10.0. The molecular formula is C24H41N9O8S2. The number of nitrogens with two attached hydrogens (primary N) is 3. The average molecular weight is 648 g/mol. The topological polar surface area (TPSA) is 282 Å². The van der Waals surface area contributed by atoms with Crippen LogP contribution in [0.15, 0.2) is 4.99 Å². The number of amides is 6. The molecule has 1 rings (SSSR count). The molecule has 0 bridgehead atoms. The predicted octanol–water partition coefficient (Wildman–Crippen LogP) is -3.02. The van der Waals surface area contributed by atoms with E-state index >= 15 is 0 Å². The molecule has 1 fully saturated rings. The van der Waals surface area contributed by atoms with Crippen molar-refractivity contribution < 1.29 is 38.7 Å². The molecule has 19 heteroatoms. The summed E-state index contributed by atoms with van der Waals surface area (Å²) in [6.45, 7) is 5.63. The van der Waals surface area contributed by atoms with Crippen LogP contribution in [0, 0.1) is 0 Å². The van der Waals surface area contributed by atoms with Crippen LogP contribution in [0.5, 0.6) is 0 Å². The van der Waals surface area contributed by atoms with Crippen molar-refractivity contribution in [1.82, 2.24) is 26.2 Å². The molecule has 1 aliphatic heterocycles. The van der Waals surface area contributed by atoms with Gasteiger partial charge in [0.2, 0.25) is 35.4 Å². The van der Waals surface area contributed by atoms with E-state index in [-0.39, 0.29) is 37.6 Å². The quantitative estimate of drug-likeness (QED) is 0.0537. The van der Waals surface area contributed by atoms with Crippen LogP contribution in [0.1, 0.15) is 47.0 Å². The summed E-state index contributed by atoms with van der Waals surface area (Å²) >= 11 is 0. The van der Waals surface area contributed by atoms with Gasteiger partial charge in [0.15, 0.2) is 5.96 Å². The van der Waals surface area contributed by atoms with Gasteiger partial charge in [-0.05, 0) is 33.6 Å². The summed E-state index contributed by atoms with van der Waals surface area (Å²) in [4.78, 5) is 93.7.